The van der Waals surface area contributed by atoms with Crippen molar-refractivity contribution in [2.24, 2.45) is 0 Å². The van der Waals surface area contributed by atoms with Gasteiger partial charge in [-0.05, 0) is 30.7 Å². The summed E-state index contributed by atoms with van der Waals surface area (Å²) in [5.74, 6) is 2.06. The molecule has 0 atom stereocenters. The van der Waals surface area contributed by atoms with Crippen LogP contribution in [0.3, 0.4) is 0 Å². The minimum absolute atomic E-state index is 0.150. The summed E-state index contributed by atoms with van der Waals surface area (Å²) >= 11 is 0. The van der Waals surface area contributed by atoms with Crippen molar-refractivity contribution in [2.45, 2.75) is 13.5 Å². The lowest BCUT2D eigenvalue weighted by molar-refractivity contribution is -0.114. The molecule has 0 unspecified atom stereocenters. The Kier molecular flexibility index (Phi) is 7.11. The van der Waals surface area contributed by atoms with Crippen molar-refractivity contribution in [1.29, 1.82) is 0 Å². The molecule has 2 rings (SSSR count). The standard InChI is InChI=1S/C21H25NO5/c1-6-7-20(23)22(14-15-8-10-17(24-2)11-9-15)16-12-18(25-3)21(27-5)19(13-16)26-4/h6-13H,14H2,1-5H3/b7-6+. The van der Waals surface area contributed by atoms with Crippen LogP contribution in [0.4, 0.5) is 5.69 Å². The maximum absolute atomic E-state index is 12.7. The van der Waals surface area contributed by atoms with E-state index in [0.29, 0.717) is 29.5 Å². The van der Waals surface area contributed by atoms with Crippen LogP contribution in [0.25, 0.3) is 0 Å². The van der Waals surface area contributed by atoms with Crippen LogP contribution in [0.5, 0.6) is 23.0 Å². The summed E-state index contributed by atoms with van der Waals surface area (Å²) in [6, 6.07) is 11.1. The van der Waals surface area contributed by atoms with Crippen LogP contribution in [-0.2, 0) is 11.3 Å². The first-order valence-electron chi connectivity index (χ1n) is 8.45. The molecule has 6 nitrogen and oxygen atoms in total. The number of anilines is 1. The second-order valence-electron chi connectivity index (χ2n) is 5.66. The molecule has 0 aromatic heterocycles. The van der Waals surface area contributed by atoms with Gasteiger partial charge in [-0.1, -0.05) is 18.2 Å². The van der Waals surface area contributed by atoms with E-state index < -0.39 is 0 Å². The molecule has 0 N–H and O–H groups in total. The van der Waals surface area contributed by atoms with Crippen molar-refractivity contribution in [1.82, 2.24) is 0 Å². The van der Waals surface area contributed by atoms with Gasteiger partial charge in [0.25, 0.3) is 5.91 Å². The molecule has 0 aliphatic rings. The molecule has 2 aromatic rings. The van der Waals surface area contributed by atoms with Gasteiger partial charge in [-0.3, -0.25) is 4.79 Å². The third kappa shape index (κ3) is 4.73. The molecule has 2 aromatic carbocycles. The van der Waals surface area contributed by atoms with Gasteiger partial charge >= 0.3 is 0 Å². The Labute approximate surface area is 159 Å². The number of methoxy groups -OCH3 is 4. The quantitative estimate of drug-likeness (QED) is 0.660. The van der Waals surface area contributed by atoms with Crippen LogP contribution in [-0.4, -0.2) is 34.3 Å². The van der Waals surface area contributed by atoms with E-state index in [1.807, 2.05) is 24.3 Å². The second-order valence-corrected chi connectivity index (χ2v) is 5.66. The van der Waals surface area contributed by atoms with E-state index in [2.05, 4.69) is 0 Å². The number of allylic oxidation sites excluding steroid dienone is 1. The van der Waals surface area contributed by atoms with Crippen molar-refractivity contribution in [3.63, 3.8) is 0 Å². The van der Waals surface area contributed by atoms with Crippen LogP contribution in [0.1, 0.15) is 12.5 Å². The number of benzene rings is 2. The molecule has 0 fully saturated rings. The Balaban J connectivity index is 2.48. The number of hydrogen-bond acceptors (Lipinski definition) is 5. The molecule has 27 heavy (non-hydrogen) atoms. The molecular formula is C21H25NO5. The molecule has 6 heteroatoms. The number of carbonyl (C=O) groups is 1. The fraction of sp³-hybridized carbons (Fsp3) is 0.286. The van der Waals surface area contributed by atoms with Gasteiger partial charge in [0.1, 0.15) is 5.75 Å². The van der Waals surface area contributed by atoms with E-state index in [0.717, 1.165) is 11.3 Å². The fourth-order valence-electron chi connectivity index (χ4n) is 2.67. The highest BCUT2D eigenvalue weighted by atomic mass is 16.5. The molecule has 0 saturated carbocycles. The SMILES string of the molecule is C/C=C/C(=O)N(Cc1ccc(OC)cc1)c1cc(OC)c(OC)c(OC)c1. The summed E-state index contributed by atoms with van der Waals surface area (Å²) in [4.78, 5) is 14.4. The molecule has 0 bridgehead atoms. The van der Waals surface area contributed by atoms with Gasteiger partial charge in [0.2, 0.25) is 5.75 Å². The van der Waals surface area contributed by atoms with Gasteiger partial charge in [-0.2, -0.15) is 0 Å². The third-order valence-electron chi connectivity index (χ3n) is 4.04. The Morgan fingerprint density at radius 3 is 1.96 bits per heavy atom. The molecule has 0 heterocycles. The summed E-state index contributed by atoms with van der Waals surface area (Å²) in [6.07, 6.45) is 3.23. The Morgan fingerprint density at radius 1 is 0.926 bits per heavy atom. The first-order valence-corrected chi connectivity index (χ1v) is 8.45. The van der Waals surface area contributed by atoms with Crippen molar-refractivity contribution in [2.75, 3.05) is 33.3 Å². The monoisotopic (exact) mass is 371 g/mol. The molecule has 144 valence electrons. The zero-order valence-corrected chi connectivity index (χ0v) is 16.3. The Morgan fingerprint density at radius 2 is 1.52 bits per heavy atom. The van der Waals surface area contributed by atoms with Crippen molar-refractivity contribution < 1.29 is 23.7 Å². The van der Waals surface area contributed by atoms with E-state index in [4.69, 9.17) is 18.9 Å². The molecule has 0 saturated heterocycles. The van der Waals surface area contributed by atoms with Crippen molar-refractivity contribution in [3.8, 4) is 23.0 Å². The molecule has 0 radical (unpaired) electrons. The van der Waals surface area contributed by atoms with Gasteiger partial charge in [0.15, 0.2) is 11.5 Å². The van der Waals surface area contributed by atoms with Gasteiger partial charge < -0.3 is 23.8 Å². The van der Waals surface area contributed by atoms with E-state index in [1.165, 1.54) is 6.08 Å². The summed E-state index contributed by atoms with van der Waals surface area (Å²) in [5, 5.41) is 0. The van der Waals surface area contributed by atoms with Gasteiger partial charge in [0.05, 0.1) is 40.7 Å². The normalized spacial score (nSPS) is 10.6. The van der Waals surface area contributed by atoms with Crippen LogP contribution < -0.4 is 23.8 Å². The topological polar surface area (TPSA) is 57.2 Å². The first kappa shape index (κ1) is 20.2. The minimum atomic E-state index is -0.150. The lowest BCUT2D eigenvalue weighted by Crippen LogP contribution is -2.28. The van der Waals surface area contributed by atoms with E-state index in [1.54, 1.807) is 58.5 Å². The van der Waals surface area contributed by atoms with Crippen LogP contribution in [0.2, 0.25) is 0 Å². The average Bonchev–Trinajstić information content (AvgIpc) is 2.71. The number of nitrogens with zero attached hydrogens (tertiary/aromatic N) is 1. The van der Waals surface area contributed by atoms with E-state index in [-0.39, 0.29) is 5.91 Å². The number of hydrogen-bond donors (Lipinski definition) is 0. The molecule has 0 aliphatic carbocycles. The van der Waals surface area contributed by atoms with Crippen LogP contribution >= 0.6 is 0 Å². The summed E-state index contributed by atoms with van der Waals surface area (Å²) in [5.41, 5.74) is 1.60. The van der Waals surface area contributed by atoms with Gasteiger partial charge in [-0.25, -0.2) is 0 Å². The highest BCUT2D eigenvalue weighted by molar-refractivity contribution is 6.01. The van der Waals surface area contributed by atoms with Crippen LogP contribution in [0.15, 0.2) is 48.6 Å². The lowest BCUT2D eigenvalue weighted by atomic mass is 10.1. The smallest absolute Gasteiger partial charge is 0.250 e. The lowest BCUT2D eigenvalue weighted by Gasteiger charge is -2.24. The number of amides is 1. The number of ether oxygens (including phenoxy) is 4. The fourth-order valence-corrected chi connectivity index (χ4v) is 2.67. The molecule has 1 amide bonds. The van der Waals surface area contributed by atoms with Crippen molar-refractivity contribution >= 4 is 11.6 Å². The Bertz CT molecular complexity index is 774. The zero-order chi connectivity index (χ0) is 19.8. The van der Waals surface area contributed by atoms with Gasteiger partial charge in [0, 0.05) is 12.1 Å². The number of carbonyl (C=O) groups excluding carboxylic acids is 1. The average molecular weight is 371 g/mol. The predicted octanol–water partition coefficient (Wildman–Crippen LogP) is 3.83. The summed E-state index contributed by atoms with van der Waals surface area (Å²) < 4.78 is 21.4. The van der Waals surface area contributed by atoms with Crippen LogP contribution in [0, 0.1) is 0 Å². The minimum Gasteiger partial charge on any atom is -0.497 e. The Hall–Kier alpha value is -3.15. The highest BCUT2D eigenvalue weighted by Gasteiger charge is 2.20. The maximum Gasteiger partial charge on any atom is 0.250 e. The number of rotatable bonds is 8. The molecular weight excluding hydrogens is 346 g/mol. The highest BCUT2D eigenvalue weighted by Crippen LogP contribution is 2.41. The van der Waals surface area contributed by atoms with Crippen molar-refractivity contribution in [3.05, 3.63) is 54.1 Å². The zero-order valence-electron chi connectivity index (χ0n) is 16.3. The first-order chi connectivity index (χ1) is 13.1. The predicted molar refractivity (Wildman–Crippen MR) is 105 cm³/mol. The third-order valence-corrected chi connectivity index (χ3v) is 4.04. The largest absolute Gasteiger partial charge is 0.497 e. The summed E-state index contributed by atoms with van der Waals surface area (Å²) in [7, 11) is 6.25. The van der Waals surface area contributed by atoms with Gasteiger partial charge in [-0.15, -0.1) is 0 Å². The maximum atomic E-state index is 12.7. The van der Waals surface area contributed by atoms with E-state index in [9.17, 15) is 4.79 Å². The van der Waals surface area contributed by atoms with E-state index >= 15 is 0 Å². The second kappa shape index (κ2) is 9.52. The molecule has 0 aliphatic heterocycles. The summed E-state index contributed by atoms with van der Waals surface area (Å²) in [6.45, 7) is 2.18. The molecule has 0 spiro atoms.